The SMILES string of the molecule is CCCCC[N+]([O-])(CC)CCCCC. The summed E-state index contributed by atoms with van der Waals surface area (Å²) in [5, 5.41) is 12.2. The van der Waals surface area contributed by atoms with Crippen LogP contribution < -0.4 is 0 Å². The number of rotatable bonds is 9. The smallest absolute Gasteiger partial charge is 0.0783 e. The summed E-state index contributed by atoms with van der Waals surface area (Å²) in [5.41, 5.74) is 0. The number of unbranched alkanes of at least 4 members (excludes halogenated alkanes) is 4. The molecule has 0 unspecified atom stereocenters. The Morgan fingerprint density at radius 1 is 0.786 bits per heavy atom. The van der Waals surface area contributed by atoms with Crippen LogP contribution in [0.3, 0.4) is 0 Å². The summed E-state index contributed by atoms with van der Waals surface area (Å²) in [5.74, 6) is 0. The zero-order valence-electron chi connectivity index (χ0n) is 10.2. The third-order valence-corrected chi connectivity index (χ3v) is 2.91. The van der Waals surface area contributed by atoms with Crippen LogP contribution in [-0.2, 0) is 0 Å². The predicted octanol–water partition coefficient (Wildman–Crippen LogP) is 3.70. The lowest BCUT2D eigenvalue weighted by atomic mass is 10.2. The van der Waals surface area contributed by atoms with Crippen molar-refractivity contribution in [3.8, 4) is 0 Å². The fourth-order valence-electron chi connectivity index (χ4n) is 1.73. The van der Waals surface area contributed by atoms with Crippen LogP contribution in [0.4, 0.5) is 0 Å². The van der Waals surface area contributed by atoms with E-state index in [4.69, 9.17) is 0 Å². The van der Waals surface area contributed by atoms with Crippen molar-refractivity contribution in [2.75, 3.05) is 19.6 Å². The Labute approximate surface area is 89.5 Å². The largest absolute Gasteiger partial charge is 0.633 e. The van der Waals surface area contributed by atoms with Gasteiger partial charge in [0.25, 0.3) is 0 Å². The van der Waals surface area contributed by atoms with E-state index in [-0.39, 0.29) is 4.65 Å². The average molecular weight is 201 g/mol. The van der Waals surface area contributed by atoms with E-state index >= 15 is 0 Å². The average Bonchev–Trinajstić information content (AvgIpc) is 2.19. The molecule has 0 aromatic rings. The predicted molar refractivity (Wildman–Crippen MR) is 63.0 cm³/mol. The number of nitrogens with zero attached hydrogens (tertiary/aromatic N) is 1. The van der Waals surface area contributed by atoms with Gasteiger partial charge >= 0.3 is 0 Å². The Hall–Kier alpha value is -0.0800. The highest BCUT2D eigenvalue weighted by molar-refractivity contribution is 4.46. The van der Waals surface area contributed by atoms with E-state index in [2.05, 4.69) is 13.8 Å². The number of hydrogen-bond donors (Lipinski definition) is 0. The molecular formula is C12H27NO. The lowest BCUT2D eigenvalue weighted by molar-refractivity contribution is -0.879. The van der Waals surface area contributed by atoms with Gasteiger partial charge in [0.2, 0.25) is 0 Å². The highest BCUT2D eigenvalue weighted by atomic mass is 16.5. The van der Waals surface area contributed by atoms with Crippen LogP contribution in [0.2, 0.25) is 0 Å². The van der Waals surface area contributed by atoms with Gasteiger partial charge in [-0.1, -0.05) is 26.7 Å². The quantitative estimate of drug-likeness (QED) is 0.317. The lowest BCUT2D eigenvalue weighted by Gasteiger charge is -2.42. The first-order chi connectivity index (χ1) is 6.68. The minimum atomic E-state index is 0.0417. The summed E-state index contributed by atoms with van der Waals surface area (Å²) in [7, 11) is 0. The zero-order valence-corrected chi connectivity index (χ0v) is 10.2. The summed E-state index contributed by atoms with van der Waals surface area (Å²) < 4.78 is 0.0417. The van der Waals surface area contributed by atoms with Gasteiger partial charge in [-0.2, -0.15) is 0 Å². The molecule has 0 heterocycles. The standard InChI is InChI=1S/C12H27NO/c1-4-7-9-11-13(14,6-3)12-10-8-5-2/h4-12H2,1-3H3. The van der Waals surface area contributed by atoms with Gasteiger partial charge in [-0.05, 0) is 32.6 Å². The number of hydrogen-bond acceptors (Lipinski definition) is 1. The Morgan fingerprint density at radius 2 is 1.21 bits per heavy atom. The summed E-state index contributed by atoms with van der Waals surface area (Å²) in [6.45, 7) is 8.78. The molecule has 0 aromatic heterocycles. The first-order valence-corrected chi connectivity index (χ1v) is 6.25. The number of quaternary nitrogens is 1. The molecule has 0 N–H and O–H groups in total. The van der Waals surface area contributed by atoms with E-state index in [1.54, 1.807) is 0 Å². The first-order valence-electron chi connectivity index (χ1n) is 6.25. The fourth-order valence-corrected chi connectivity index (χ4v) is 1.73. The normalized spacial score (nSPS) is 12.0. The second kappa shape index (κ2) is 8.25. The van der Waals surface area contributed by atoms with Gasteiger partial charge in [0.05, 0.1) is 19.6 Å². The lowest BCUT2D eigenvalue weighted by Crippen LogP contribution is -2.43. The molecule has 0 bridgehead atoms. The van der Waals surface area contributed by atoms with E-state index < -0.39 is 0 Å². The van der Waals surface area contributed by atoms with Crippen molar-refractivity contribution in [2.24, 2.45) is 0 Å². The van der Waals surface area contributed by atoms with Crippen molar-refractivity contribution in [2.45, 2.75) is 59.3 Å². The fraction of sp³-hybridized carbons (Fsp3) is 1.00. The Bertz CT molecular complexity index is 115. The van der Waals surface area contributed by atoms with Crippen LogP contribution in [0.25, 0.3) is 0 Å². The second-order valence-corrected chi connectivity index (χ2v) is 4.24. The maximum Gasteiger partial charge on any atom is 0.0783 e. The van der Waals surface area contributed by atoms with Crippen molar-refractivity contribution < 1.29 is 4.65 Å². The maximum atomic E-state index is 12.2. The van der Waals surface area contributed by atoms with E-state index in [0.717, 1.165) is 32.5 Å². The molecule has 0 atom stereocenters. The summed E-state index contributed by atoms with van der Waals surface area (Å²) >= 11 is 0. The van der Waals surface area contributed by atoms with Crippen LogP contribution in [0.5, 0.6) is 0 Å². The molecule has 14 heavy (non-hydrogen) atoms. The first kappa shape index (κ1) is 13.9. The van der Waals surface area contributed by atoms with Gasteiger partial charge in [-0.15, -0.1) is 0 Å². The summed E-state index contributed by atoms with van der Waals surface area (Å²) in [6, 6.07) is 0. The van der Waals surface area contributed by atoms with E-state index in [1.807, 2.05) is 6.92 Å². The van der Waals surface area contributed by atoms with Crippen LogP contribution in [0.15, 0.2) is 0 Å². The van der Waals surface area contributed by atoms with Gasteiger partial charge < -0.3 is 9.85 Å². The molecule has 0 aliphatic rings. The highest BCUT2D eigenvalue weighted by Crippen LogP contribution is 2.11. The molecule has 0 rings (SSSR count). The monoisotopic (exact) mass is 201 g/mol. The Balaban J connectivity index is 3.67. The van der Waals surface area contributed by atoms with Crippen molar-refractivity contribution in [3.05, 3.63) is 5.21 Å². The van der Waals surface area contributed by atoms with Gasteiger partial charge in [0, 0.05) is 0 Å². The van der Waals surface area contributed by atoms with Crippen molar-refractivity contribution in [3.63, 3.8) is 0 Å². The van der Waals surface area contributed by atoms with Gasteiger partial charge in [-0.25, -0.2) is 0 Å². The molecule has 0 radical (unpaired) electrons. The third-order valence-electron chi connectivity index (χ3n) is 2.91. The molecule has 0 aliphatic heterocycles. The molecular weight excluding hydrogens is 174 g/mol. The van der Waals surface area contributed by atoms with Crippen LogP contribution in [0, 0.1) is 5.21 Å². The Kier molecular flexibility index (Phi) is 8.20. The van der Waals surface area contributed by atoms with E-state index in [9.17, 15) is 5.21 Å². The number of hydroxylamine groups is 3. The van der Waals surface area contributed by atoms with Crippen molar-refractivity contribution >= 4 is 0 Å². The van der Waals surface area contributed by atoms with Crippen molar-refractivity contribution in [1.82, 2.24) is 0 Å². The molecule has 2 nitrogen and oxygen atoms in total. The molecule has 0 spiro atoms. The minimum absolute atomic E-state index is 0.0417. The van der Waals surface area contributed by atoms with Crippen LogP contribution >= 0.6 is 0 Å². The molecule has 0 saturated heterocycles. The zero-order chi connectivity index (χ0) is 10.9. The molecule has 0 aromatic carbocycles. The molecule has 86 valence electrons. The molecule has 0 fully saturated rings. The Morgan fingerprint density at radius 3 is 1.50 bits per heavy atom. The highest BCUT2D eigenvalue weighted by Gasteiger charge is 2.12. The van der Waals surface area contributed by atoms with Crippen LogP contribution in [0.1, 0.15) is 59.3 Å². The van der Waals surface area contributed by atoms with Gasteiger partial charge in [0.15, 0.2) is 0 Å². The van der Waals surface area contributed by atoms with E-state index in [1.165, 1.54) is 25.7 Å². The molecule has 2 heteroatoms. The van der Waals surface area contributed by atoms with E-state index in [0.29, 0.717) is 0 Å². The molecule has 0 aliphatic carbocycles. The topological polar surface area (TPSA) is 23.1 Å². The van der Waals surface area contributed by atoms with Crippen LogP contribution in [-0.4, -0.2) is 24.3 Å². The van der Waals surface area contributed by atoms with Gasteiger partial charge in [-0.3, -0.25) is 0 Å². The minimum Gasteiger partial charge on any atom is -0.633 e. The second-order valence-electron chi connectivity index (χ2n) is 4.24. The third kappa shape index (κ3) is 6.39. The van der Waals surface area contributed by atoms with Gasteiger partial charge in [0.1, 0.15) is 0 Å². The molecule has 0 amide bonds. The summed E-state index contributed by atoms with van der Waals surface area (Å²) in [4.78, 5) is 0. The summed E-state index contributed by atoms with van der Waals surface area (Å²) in [6.07, 6.45) is 7.02. The molecule has 0 saturated carbocycles. The maximum absolute atomic E-state index is 12.2. The van der Waals surface area contributed by atoms with Crippen molar-refractivity contribution in [1.29, 1.82) is 0 Å².